The number of halogens is 1. The highest BCUT2D eigenvalue weighted by molar-refractivity contribution is 5.97. The molecule has 2 spiro atoms. The van der Waals surface area contributed by atoms with Crippen molar-refractivity contribution in [1.29, 1.82) is 0 Å². The van der Waals surface area contributed by atoms with Gasteiger partial charge in [-0.1, -0.05) is 0 Å². The van der Waals surface area contributed by atoms with Crippen molar-refractivity contribution in [3.05, 3.63) is 35.9 Å². The third-order valence-electron chi connectivity index (χ3n) is 11.2. The predicted molar refractivity (Wildman–Crippen MR) is 176 cm³/mol. The van der Waals surface area contributed by atoms with E-state index in [1.165, 1.54) is 24.5 Å². The molecule has 2 N–H and O–H groups in total. The van der Waals surface area contributed by atoms with E-state index >= 15 is 0 Å². The van der Waals surface area contributed by atoms with Gasteiger partial charge < -0.3 is 29.9 Å². The van der Waals surface area contributed by atoms with E-state index in [1.807, 2.05) is 20.8 Å². The molecule has 1 aromatic carbocycles. The molecule has 0 unspecified atom stereocenters. The molecule has 1 aliphatic carbocycles. The van der Waals surface area contributed by atoms with E-state index in [9.17, 15) is 19.1 Å². The van der Waals surface area contributed by atoms with Gasteiger partial charge in [0.2, 0.25) is 5.91 Å². The molecule has 47 heavy (non-hydrogen) atoms. The maximum absolute atomic E-state index is 14.3. The Morgan fingerprint density at radius 3 is 2.51 bits per heavy atom. The molecule has 4 fully saturated rings. The number of hydrogen-bond donors (Lipinski definition) is 2. The van der Waals surface area contributed by atoms with Gasteiger partial charge in [-0.15, -0.1) is 10.2 Å². The van der Waals surface area contributed by atoms with Gasteiger partial charge in [-0.05, 0) is 117 Å². The van der Waals surface area contributed by atoms with E-state index in [1.54, 1.807) is 18.7 Å². The van der Waals surface area contributed by atoms with Gasteiger partial charge in [0, 0.05) is 43.2 Å². The van der Waals surface area contributed by atoms with Gasteiger partial charge in [0.25, 0.3) is 11.8 Å². The SMILES string of the molecule is CCN(C(=O)c1cc(F)ccc1Oc1nncnc1N1CC2(CCN(CC3CCC4(CC3)C[C@H](C(C)(C)O)C(=O)N4)CC2)C1)C(C)C. The maximum Gasteiger partial charge on any atom is 0.282 e. The molecule has 3 aliphatic heterocycles. The summed E-state index contributed by atoms with van der Waals surface area (Å²) < 4.78 is 20.4. The van der Waals surface area contributed by atoms with Crippen LogP contribution in [0.1, 0.15) is 89.9 Å². The molecule has 2 aromatic rings. The van der Waals surface area contributed by atoms with Crippen molar-refractivity contribution in [2.45, 2.75) is 96.7 Å². The molecule has 2 amide bonds. The summed E-state index contributed by atoms with van der Waals surface area (Å²) in [6.45, 7) is 14.6. The summed E-state index contributed by atoms with van der Waals surface area (Å²) in [5.74, 6) is 0.500. The van der Waals surface area contributed by atoms with E-state index in [2.05, 4.69) is 30.3 Å². The number of nitrogens with zero attached hydrogens (tertiary/aromatic N) is 6. The third-order valence-corrected chi connectivity index (χ3v) is 11.2. The molecule has 12 heteroatoms. The first-order chi connectivity index (χ1) is 22.3. The van der Waals surface area contributed by atoms with Crippen LogP contribution in [0.2, 0.25) is 0 Å². The van der Waals surface area contributed by atoms with Crippen LogP contribution in [0.3, 0.4) is 0 Å². The minimum absolute atomic E-state index is 0.00325. The highest BCUT2D eigenvalue weighted by Crippen LogP contribution is 2.46. The Morgan fingerprint density at radius 1 is 1.19 bits per heavy atom. The fourth-order valence-corrected chi connectivity index (χ4v) is 8.30. The highest BCUT2D eigenvalue weighted by atomic mass is 19.1. The quantitative estimate of drug-likeness (QED) is 0.406. The van der Waals surface area contributed by atoms with Crippen molar-refractivity contribution < 1.29 is 23.8 Å². The van der Waals surface area contributed by atoms with Crippen LogP contribution in [0, 0.1) is 23.1 Å². The lowest BCUT2D eigenvalue weighted by Gasteiger charge is -2.54. The molecule has 3 saturated heterocycles. The van der Waals surface area contributed by atoms with Crippen LogP contribution in [0.25, 0.3) is 0 Å². The van der Waals surface area contributed by atoms with Crippen molar-refractivity contribution in [2.75, 3.05) is 44.2 Å². The molecule has 4 heterocycles. The molecule has 4 aliphatic rings. The molecule has 1 aromatic heterocycles. The minimum Gasteiger partial charge on any atom is -0.434 e. The zero-order valence-electron chi connectivity index (χ0n) is 28.5. The maximum atomic E-state index is 14.3. The van der Waals surface area contributed by atoms with Gasteiger partial charge in [-0.25, -0.2) is 9.37 Å². The van der Waals surface area contributed by atoms with Crippen LogP contribution in [-0.2, 0) is 4.79 Å². The smallest absolute Gasteiger partial charge is 0.282 e. The summed E-state index contributed by atoms with van der Waals surface area (Å²) >= 11 is 0. The van der Waals surface area contributed by atoms with Crippen molar-refractivity contribution in [2.24, 2.45) is 17.3 Å². The number of ether oxygens (including phenoxy) is 1. The Hall–Kier alpha value is -3.38. The summed E-state index contributed by atoms with van der Waals surface area (Å²) in [5, 5.41) is 21.9. The fraction of sp³-hybridized carbons (Fsp3) is 0.686. The van der Waals surface area contributed by atoms with E-state index < -0.39 is 11.4 Å². The Kier molecular flexibility index (Phi) is 9.21. The molecule has 0 bridgehead atoms. The standard InChI is InChI=1S/C35H50FN7O4/c1-6-43(23(2)3)32(45)26-17-25(36)7-8-28(26)47-31-29(37-22-38-40-31)42-20-34(21-42)13-15-41(16-14-34)19-24-9-11-35(12-10-24)18-27(30(44)39-35)33(4,5)46/h7-8,17,22-24,27,46H,6,9-16,18-21H2,1-5H3,(H,39,44)/t24?,27-,35?/m0/s1. The van der Waals surface area contributed by atoms with Crippen LogP contribution in [-0.4, -0.2) is 98.4 Å². The molecular formula is C35H50FN7O4. The van der Waals surface area contributed by atoms with E-state index in [0.717, 1.165) is 77.7 Å². The Bertz CT molecular complexity index is 1460. The minimum atomic E-state index is -0.986. The zero-order chi connectivity index (χ0) is 33.6. The second-order valence-corrected chi connectivity index (χ2v) is 15.3. The Morgan fingerprint density at radius 2 is 1.89 bits per heavy atom. The molecule has 6 rings (SSSR count). The number of hydrogen-bond acceptors (Lipinski definition) is 9. The lowest BCUT2D eigenvalue weighted by molar-refractivity contribution is -0.129. The number of aliphatic hydroxyl groups is 1. The van der Waals surface area contributed by atoms with Crippen LogP contribution in [0.15, 0.2) is 24.5 Å². The monoisotopic (exact) mass is 651 g/mol. The van der Waals surface area contributed by atoms with Gasteiger partial charge in [0.15, 0.2) is 5.82 Å². The number of carbonyl (C=O) groups excluding carboxylic acids is 2. The number of anilines is 1. The number of benzene rings is 1. The van der Waals surface area contributed by atoms with Gasteiger partial charge >= 0.3 is 0 Å². The lowest BCUT2D eigenvalue weighted by Crippen LogP contribution is -2.61. The summed E-state index contributed by atoms with van der Waals surface area (Å²) in [5.41, 5.74) is -0.772. The second-order valence-electron chi connectivity index (χ2n) is 15.3. The number of amides is 2. The normalized spacial score (nSPS) is 26.0. The molecule has 0 radical (unpaired) electrons. The average molecular weight is 652 g/mol. The topological polar surface area (TPSA) is 124 Å². The Balaban J connectivity index is 1.02. The second kappa shape index (κ2) is 12.9. The molecule has 1 saturated carbocycles. The van der Waals surface area contributed by atoms with Gasteiger partial charge in [-0.2, -0.15) is 0 Å². The number of piperidine rings is 1. The van der Waals surface area contributed by atoms with Crippen LogP contribution >= 0.6 is 0 Å². The summed E-state index contributed by atoms with van der Waals surface area (Å²) in [4.78, 5) is 36.8. The van der Waals surface area contributed by atoms with Crippen molar-refractivity contribution in [1.82, 2.24) is 30.3 Å². The summed E-state index contributed by atoms with van der Waals surface area (Å²) in [6.07, 6.45) is 8.54. The van der Waals surface area contributed by atoms with Gasteiger partial charge in [-0.3, -0.25) is 9.59 Å². The molecule has 256 valence electrons. The first-order valence-electron chi connectivity index (χ1n) is 17.3. The number of aromatic nitrogens is 3. The number of rotatable bonds is 9. The van der Waals surface area contributed by atoms with Crippen molar-refractivity contribution >= 4 is 17.6 Å². The largest absolute Gasteiger partial charge is 0.434 e. The van der Waals surface area contributed by atoms with Gasteiger partial charge in [0.1, 0.15) is 17.9 Å². The van der Waals surface area contributed by atoms with E-state index in [0.29, 0.717) is 18.3 Å². The molecule has 11 nitrogen and oxygen atoms in total. The Labute approximate surface area is 277 Å². The first kappa shape index (κ1) is 33.5. The van der Waals surface area contributed by atoms with Crippen molar-refractivity contribution in [3.63, 3.8) is 0 Å². The highest BCUT2D eigenvalue weighted by Gasteiger charge is 2.51. The predicted octanol–water partition coefficient (Wildman–Crippen LogP) is 4.41. The van der Waals surface area contributed by atoms with Gasteiger partial charge in [0.05, 0.1) is 17.1 Å². The van der Waals surface area contributed by atoms with E-state index in [-0.39, 0.29) is 51.9 Å². The van der Waals surface area contributed by atoms with Crippen LogP contribution in [0.5, 0.6) is 11.6 Å². The fourth-order valence-electron chi connectivity index (χ4n) is 8.30. The van der Waals surface area contributed by atoms with Crippen LogP contribution in [0.4, 0.5) is 10.2 Å². The third kappa shape index (κ3) is 6.95. The summed E-state index contributed by atoms with van der Waals surface area (Å²) in [7, 11) is 0. The first-order valence-corrected chi connectivity index (χ1v) is 17.3. The average Bonchev–Trinajstić information content (AvgIpc) is 3.35. The number of carbonyl (C=O) groups is 2. The molecule has 1 atom stereocenters. The molecular weight excluding hydrogens is 601 g/mol. The lowest BCUT2D eigenvalue weighted by atomic mass is 9.71. The summed E-state index contributed by atoms with van der Waals surface area (Å²) in [6, 6.07) is 3.90. The van der Waals surface area contributed by atoms with Crippen LogP contribution < -0.4 is 15.0 Å². The number of likely N-dealkylation sites (tertiary alicyclic amines) is 1. The van der Waals surface area contributed by atoms with E-state index in [4.69, 9.17) is 4.74 Å². The zero-order valence-corrected chi connectivity index (χ0v) is 28.5. The van der Waals surface area contributed by atoms with Crippen molar-refractivity contribution in [3.8, 4) is 11.6 Å². The number of nitrogens with one attached hydrogen (secondary N) is 1.